The van der Waals surface area contributed by atoms with Crippen molar-refractivity contribution in [3.05, 3.63) is 98.4 Å². The van der Waals surface area contributed by atoms with Crippen molar-refractivity contribution in [2.75, 3.05) is 5.43 Å². The van der Waals surface area contributed by atoms with Gasteiger partial charge in [0.25, 0.3) is 5.91 Å². The first-order chi connectivity index (χ1) is 13.6. The van der Waals surface area contributed by atoms with E-state index in [9.17, 15) is 4.79 Å². The van der Waals surface area contributed by atoms with Crippen LogP contribution in [0.5, 0.6) is 0 Å². The number of amides is 1. The predicted octanol–water partition coefficient (Wildman–Crippen LogP) is 5.42. The molecule has 0 aromatic heterocycles. The molecule has 0 saturated heterocycles. The maximum atomic E-state index is 12.1. The highest BCUT2D eigenvalue weighted by Gasteiger charge is 2.03. The Bertz CT molecular complexity index is 982. The number of nitrogens with one attached hydrogen (secondary N) is 2. The number of rotatable bonds is 6. The summed E-state index contributed by atoms with van der Waals surface area (Å²) in [6, 6.07) is 22.4. The number of hydrogen-bond acceptors (Lipinski definition) is 4. The first-order valence-corrected chi connectivity index (χ1v) is 9.92. The van der Waals surface area contributed by atoms with E-state index < -0.39 is 0 Å². The van der Waals surface area contributed by atoms with Crippen molar-refractivity contribution in [3.63, 3.8) is 0 Å². The number of hydrogen-bond donors (Lipinski definition) is 2. The summed E-state index contributed by atoms with van der Waals surface area (Å²) in [6.07, 6.45) is 3.32. The molecule has 5 nitrogen and oxygen atoms in total. The predicted molar refractivity (Wildman–Crippen MR) is 121 cm³/mol. The number of nitrogens with zero attached hydrogens (tertiary/aromatic N) is 2. The first-order valence-electron chi connectivity index (χ1n) is 8.34. The number of carbonyl (C=O) groups is 1. The number of hydrazone groups is 2. The molecule has 0 aliphatic rings. The Hall–Kier alpha value is -2.77. The van der Waals surface area contributed by atoms with Crippen LogP contribution in [0.2, 0.25) is 0 Å². The molecule has 2 N–H and O–H groups in total. The standard InChI is InChI=1S/C21H16Br2N4O/c22-18-7-1-15(2-8-18)13-24-26-20-11-5-17(6-12-20)21(28)27-25-14-16-3-9-19(23)10-4-16/h1-14,26H,(H,27,28)/b24-13+,25-14+. The molecule has 0 unspecified atom stereocenters. The summed E-state index contributed by atoms with van der Waals surface area (Å²) in [7, 11) is 0. The van der Waals surface area contributed by atoms with Gasteiger partial charge >= 0.3 is 0 Å². The van der Waals surface area contributed by atoms with Gasteiger partial charge in [0.15, 0.2) is 0 Å². The third-order valence-corrected chi connectivity index (χ3v) is 4.73. The van der Waals surface area contributed by atoms with Crippen molar-refractivity contribution in [1.82, 2.24) is 5.43 Å². The van der Waals surface area contributed by atoms with Crippen molar-refractivity contribution < 1.29 is 4.79 Å². The van der Waals surface area contributed by atoms with Crippen LogP contribution in [-0.2, 0) is 0 Å². The van der Waals surface area contributed by atoms with Gasteiger partial charge in [-0.05, 0) is 59.7 Å². The molecule has 0 aliphatic carbocycles. The summed E-state index contributed by atoms with van der Waals surface area (Å²) in [5.74, 6) is -0.279. The first kappa shape index (κ1) is 20.0. The second kappa shape index (κ2) is 9.96. The van der Waals surface area contributed by atoms with Crippen LogP contribution in [0.15, 0.2) is 91.9 Å². The van der Waals surface area contributed by atoms with Crippen LogP contribution in [0.25, 0.3) is 0 Å². The van der Waals surface area contributed by atoms with Gasteiger partial charge in [-0.1, -0.05) is 56.1 Å². The fourth-order valence-corrected chi connectivity index (χ4v) is 2.73. The van der Waals surface area contributed by atoms with E-state index in [2.05, 4.69) is 52.9 Å². The molecule has 7 heteroatoms. The van der Waals surface area contributed by atoms with Crippen LogP contribution in [0.4, 0.5) is 5.69 Å². The van der Waals surface area contributed by atoms with Crippen molar-refractivity contribution >= 4 is 55.9 Å². The molecule has 1 amide bonds. The molecule has 0 fully saturated rings. The van der Waals surface area contributed by atoms with E-state index in [0.29, 0.717) is 5.56 Å². The van der Waals surface area contributed by atoms with Crippen molar-refractivity contribution in [2.45, 2.75) is 0 Å². The Morgan fingerprint density at radius 3 is 1.75 bits per heavy atom. The second-order valence-corrected chi connectivity index (χ2v) is 7.58. The van der Waals surface area contributed by atoms with Gasteiger partial charge < -0.3 is 0 Å². The van der Waals surface area contributed by atoms with Gasteiger partial charge in [-0.3, -0.25) is 10.2 Å². The minimum atomic E-state index is -0.279. The fourth-order valence-electron chi connectivity index (χ4n) is 2.21. The topological polar surface area (TPSA) is 65.8 Å². The zero-order valence-electron chi connectivity index (χ0n) is 14.6. The maximum Gasteiger partial charge on any atom is 0.271 e. The molecule has 0 spiro atoms. The lowest BCUT2D eigenvalue weighted by Crippen LogP contribution is -2.17. The molecule has 3 aromatic carbocycles. The van der Waals surface area contributed by atoms with E-state index in [1.807, 2.05) is 48.5 Å². The Morgan fingerprint density at radius 1 is 0.714 bits per heavy atom. The van der Waals surface area contributed by atoms with Crippen molar-refractivity contribution in [2.24, 2.45) is 10.2 Å². The minimum Gasteiger partial charge on any atom is -0.279 e. The van der Waals surface area contributed by atoms with E-state index in [4.69, 9.17) is 0 Å². The summed E-state index contributed by atoms with van der Waals surface area (Å²) in [6.45, 7) is 0. The molecule has 0 atom stereocenters. The van der Waals surface area contributed by atoms with Gasteiger partial charge in [0.1, 0.15) is 0 Å². The fraction of sp³-hybridized carbons (Fsp3) is 0. The van der Waals surface area contributed by atoms with Crippen LogP contribution in [0.3, 0.4) is 0 Å². The number of benzene rings is 3. The highest BCUT2D eigenvalue weighted by Crippen LogP contribution is 2.11. The van der Waals surface area contributed by atoms with E-state index in [1.54, 1.807) is 36.7 Å². The molecule has 3 aromatic rings. The zero-order chi connectivity index (χ0) is 19.8. The lowest BCUT2D eigenvalue weighted by atomic mass is 10.2. The number of carbonyl (C=O) groups excluding carboxylic acids is 1. The summed E-state index contributed by atoms with van der Waals surface area (Å²) >= 11 is 6.77. The lowest BCUT2D eigenvalue weighted by Gasteiger charge is -2.03. The van der Waals surface area contributed by atoms with Crippen molar-refractivity contribution in [1.29, 1.82) is 0 Å². The van der Waals surface area contributed by atoms with E-state index in [0.717, 1.165) is 25.8 Å². The van der Waals surface area contributed by atoms with Gasteiger partial charge in [0.05, 0.1) is 18.1 Å². The van der Waals surface area contributed by atoms with E-state index in [1.165, 1.54) is 0 Å². The summed E-state index contributed by atoms with van der Waals surface area (Å²) in [5, 5.41) is 8.16. The molecule has 0 bridgehead atoms. The highest BCUT2D eigenvalue weighted by atomic mass is 79.9. The number of halogens is 2. The molecule has 3 rings (SSSR count). The average Bonchev–Trinajstić information content (AvgIpc) is 2.71. The molecule has 0 aliphatic heterocycles. The monoisotopic (exact) mass is 498 g/mol. The molecule has 28 heavy (non-hydrogen) atoms. The van der Waals surface area contributed by atoms with Gasteiger partial charge in [0.2, 0.25) is 0 Å². The number of anilines is 1. The summed E-state index contributed by atoms with van der Waals surface area (Å²) in [5.41, 5.74) is 8.62. The molecule has 0 radical (unpaired) electrons. The van der Waals surface area contributed by atoms with Crippen LogP contribution >= 0.6 is 31.9 Å². The van der Waals surface area contributed by atoms with Crippen LogP contribution in [0.1, 0.15) is 21.5 Å². The normalized spacial score (nSPS) is 11.1. The zero-order valence-corrected chi connectivity index (χ0v) is 17.8. The van der Waals surface area contributed by atoms with Gasteiger partial charge in [0, 0.05) is 14.5 Å². The Balaban J connectivity index is 1.52. The molecular weight excluding hydrogens is 484 g/mol. The lowest BCUT2D eigenvalue weighted by molar-refractivity contribution is 0.0955. The maximum absolute atomic E-state index is 12.1. The van der Waals surface area contributed by atoms with Gasteiger partial charge in [-0.25, -0.2) is 5.43 Å². The molecular formula is C21H16Br2N4O. The van der Waals surface area contributed by atoms with Crippen molar-refractivity contribution in [3.8, 4) is 0 Å². The minimum absolute atomic E-state index is 0.279. The largest absolute Gasteiger partial charge is 0.279 e. The van der Waals surface area contributed by atoms with E-state index in [-0.39, 0.29) is 5.91 Å². The summed E-state index contributed by atoms with van der Waals surface area (Å²) in [4.78, 5) is 12.1. The SMILES string of the molecule is O=C(N/N=C/c1ccc(Br)cc1)c1ccc(N/N=C/c2ccc(Br)cc2)cc1. The highest BCUT2D eigenvalue weighted by molar-refractivity contribution is 9.10. The summed E-state index contributed by atoms with van der Waals surface area (Å²) < 4.78 is 2.01. The molecule has 0 heterocycles. The van der Waals surface area contributed by atoms with Gasteiger partial charge in [-0.15, -0.1) is 0 Å². The third kappa shape index (κ3) is 6.14. The Labute approximate surface area is 179 Å². The van der Waals surface area contributed by atoms with Crippen LogP contribution < -0.4 is 10.9 Å². The van der Waals surface area contributed by atoms with E-state index >= 15 is 0 Å². The molecule has 0 saturated carbocycles. The smallest absolute Gasteiger partial charge is 0.271 e. The van der Waals surface area contributed by atoms with Gasteiger partial charge in [-0.2, -0.15) is 10.2 Å². The van der Waals surface area contributed by atoms with Crippen LogP contribution in [0, 0.1) is 0 Å². The Morgan fingerprint density at radius 2 is 1.21 bits per heavy atom. The third-order valence-electron chi connectivity index (χ3n) is 3.67. The average molecular weight is 500 g/mol. The molecule has 140 valence electrons. The van der Waals surface area contributed by atoms with Crippen LogP contribution in [-0.4, -0.2) is 18.3 Å². The second-order valence-electron chi connectivity index (χ2n) is 5.75. The Kier molecular flexibility index (Phi) is 7.11. The quantitative estimate of drug-likeness (QED) is 0.351.